The number of furan rings is 1. The van der Waals surface area contributed by atoms with Gasteiger partial charge in [0.15, 0.2) is 5.58 Å². The Labute approximate surface area is 189 Å². The van der Waals surface area contributed by atoms with Crippen molar-refractivity contribution in [3.8, 4) is 17.3 Å². The minimum Gasteiger partial charge on any atom is -0.454 e. The third kappa shape index (κ3) is 3.16. The van der Waals surface area contributed by atoms with Crippen LogP contribution in [0.3, 0.4) is 0 Å². The molecule has 0 fully saturated rings. The van der Waals surface area contributed by atoms with Crippen LogP contribution in [0, 0.1) is 17.2 Å². The van der Waals surface area contributed by atoms with Crippen LogP contribution in [0.15, 0.2) is 34.7 Å². The van der Waals surface area contributed by atoms with E-state index in [1.807, 2.05) is 32.0 Å². The molecule has 31 heavy (non-hydrogen) atoms. The van der Waals surface area contributed by atoms with E-state index in [0.717, 1.165) is 10.8 Å². The maximum absolute atomic E-state index is 9.92. The Hall–Kier alpha value is -2.73. The lowest BCUT2D eigenvalue weighted by Gasteiger charge is -2.31. The van der Waals surface area contributed by atoms with Gasteiger partial charge < -0.3 is 4.42 Å². The van der Waals surface area contributed by atoms with Crippen molar-refractivity contribution in [1.29, 1.82) is 5.26 Å². The van der Waals surface area contributed by atoms with E-state index in [1.165, 1.54) is 0 Å². The van der Waals surface area contributed by atoms with Gasteiger partial charge in [0.1, 0.15) is 43.0 Å². The van der Waals surface area contributed by atoms with Crippen molar-refractivity contribution >= 4 is 91.0 Å². The minimum absolute atomic E-state index is 0.0720. The predicted molar refractivity (Wildman–Crippen MR) is 131 cm³/mol. The molecule has 4 aromatic rings. The van der Waals surface area contributed by atoms with Crippen LogP contribution in [0.4, 0.5) is 0 Å². The first kappa shape index (κ1) is 21.5. The molecule has 0 atom stereocenters. The van der Waals surface area contributed by atoms with Crippen molar-refractivity contribution in [2.24, 2.45) is 5.92 Å². The van der Waals surface area contributed by atoms with Gasteiger partial charge in [-0.25, -0.2) is 0 Å². The number of nitriles is 1. The summed E-state index contributed by atoms with van der Waals surface area (Å²) < 4.78 is 6.20. The fraction of sp³-hybridized carbons (Fsp3) is 0.182. The monoisotopic (exact) mass is 386 g/mol. The molecule has 2 aromatic heterocycles. The molecule has 2 aromatic carbocycles. The Morgan fingerprint density at radius 3 is 2.26 bits per heavy atom. The van der Waals surface area contributed by atoms with Crippen molar-refractivity contribution in [2.45, 2.75) is 19.1 Å². The first-order valence-corrected chi connectivity index (χ1v) is 9.66. The van der Waals surface area contributed by atoms with Crippen LogP contribution in [-0.2, 0) is 5.21 Å². The van der Waals surface area contributed by atoms with Crippen molar-refractivity contribution < 1.29 is 4.42 Å². The highest BCUT2D eigenvalue weighted by Gasteiger charge is 2.29. The van der Waals surface area contributed by atoms with E-state index in [0.29, 0.717) is 28.0 Å². The normalized spacial score (nSPS) is 11.9. The van der Waals surface area contributed by atoms with Gasteiger partial charge in [0.2, 0.25) is 0 Å². The van der Waals surface area contributed by atoms with Crippen molar-refractivity contribution in [3.05, 3.63) is 41.5 Å². The molecule has 3 nitrogen and oxygen atoms in total. The van der Waals surface area contributed by atoms with E-state index in [-0.39, 0.29) is 33.5 Å². The average Bonchev–Trinajstić information content (AvgIpc) is 3.13. The zero-order valence-electron chi connectivity index (χ0n) is 17.2. The van der Waals surface area contributed by atoms with E-state index >= 15 is 0 Å². The average molecular weight is 385 g/mol. The summed E-state index contributed by atoms with van der Waals surface area (Å²) in [7, 11) is 36.7. The summed E-state index contributed by atoms with van der Waals surface area (Å²) in [5.41, 5.74) is 3.15. The van der Waals surface area contributed by atoms with Crippen LogP contribution in [0.5, 0.6) is 0 Å². The number of benzene rings is 2. The molecule has 0 saturated carbocycles. The van der Waals surface area contributed by atoms with Crippen LogP contribution in [0.25, 0.3) is 33.2 Å². The van der Waals surface area contributed by atoms with Gasteiger partial charge in [-0.15, -0.1) is 5.46 Å². The molecule has 12 radical (unpaired) electrons. The number of fused-ring (bicyclic) bond motifs is 3. The summed E-state index contributed by atoms with van der Waals surface area (Å²) in [5.74, 6) is -0.110. The smallest absolute Gasteiger partial charge is 0.153 e. The molecule has 0 bridgehead atoms. The fourth-order valence-corrected chi connectivity index (χ4v) is 3.69. The second-order valence-electron chi connectivity index (χ2n) is 7.94. The summed E-state index contributed by atoms with van der Waals surface area (Å²) >= 11 is 0. The van der Waals surface area contributed by atoms with Gasteiger partial charge in [-0.1, -0.05) is 60.2 Å². The SMILES string of the molecule is [B]c1nc(-c2cccc3c2oc2c(C#N)c(C([B])([B])C(C)C)ccc23)c([B])c([B])c1[B]. The van der Waals surface area contributed by atoms with Crippen molar-refractivity contribution in [1.82, 2.24) is 4.98 Å². The number of pyridine rings is 1. The Morgan fingerprint density at radius 2 is 1.61 bits per heavy atom. The fourth-order valence-electron chi connectivity index (χ4n) is 3.69. The molecule has 4 rings (SSSR count). The van der Waals surface area contributed by atoms with Crippen LogP contribution >= 0.6 is 0 Å². The third-order valence-corrected chi connectivity index (χ3v) is 5.80. The first-order valence-electron chi connectivity index (χ1n) is 9.66. The lowest BCUT2D eigenvalue weighted by atomic mass is 9.45. The van der Waals surface area contributed by atoms with E-state index in [9.17, 15) is 5.26 Å². The molecule has 2 heterocycles. The molecular weight excluding hydrogens is 373 g/mol. The largest absolute Gasteiger partial charge is 0.454 e. The van der Waals surface area contributed by atoms with E-state index in [2.05, 4.69) is 11.1 Å². The van der Waals surface area contributed by atoms with Gasteiger partial charge in [-0.3, -0.25) is 4.98 Å². The molecule has 0 saturated heterocycles. The first-order chi connectivity index (χ1) is 14.6. The summed E-state index contributed by atoms with van der Waals surface area (Å²) in [6, 6.07) is 11.3. The van der Waals surface area contributed by atoms with E-state index in [4.69, 9.17) is 51.5 Å². The lowest BCUT2D eigenvalue weighted by molar-refractivity contribution is 0.568. The predicted octanol–water partition coefficient (Wildman–Crippen LogP) is -0.159. The number of hydrogen-bond donors (Lipinski definition) is 0. The third-order valence-electron chi connectivity index (χ3n) is 5.80. The highest BCUT2D eigenvalue weighted by molar-refractivity contribution is 6.62. The quantitative estimate of drug-likeness (QED) is 0.461. The van der Waals surface area contributed by atoms with E-state index in [1.54, 1.807) is 12.1 Å². The van der Waals surface area contributed by atoms with Crippen LogP contribution in [0.1, 0.15) is 25.0 Å². The molecule has 0 unspecified atom stereocenters. The second-order valence-corrected chi connectivity index (χ2v) is 7.94. The molecule has 0 spiro atoms. The molecule has 0 aliphatic rings. The zero-order chi connectivity index (χ0) is 22.7. The van der Waals surface area contributed by atoms with Crippen molar-refractivity contribution in [3.63, 3.8) is 0 Å². The molecule has 9 heteroatoms. The Balaban J connectivity index is 2.09. The van der Waals surface area contributed by atoms with Crippen LogP contribution in [-0.4, -0.2) is 52.1 Å². The standard InChI is InChI=1S/C22H12B6N2O/c1-9(2)22(27,28)14-7-6-11-10-4-3-5-12(19(10)31-20(11)13(14)8-29)18-16(24)15(23)17(25)21(26)30-18/h3-7,9H,1-2H3. The molecule has 0 amide bonds. The summed E-state index contributed by atoms with van der Waals surface area (Å²) in [6.07, 6.45) is 0. The lowest BCUT2D eigenvalue weighted by Crippen LogP contribution is -2.49. The summed E-state index contributed by atoms with van der Waals surface area (Å²) in [5, 5.41) is 10.2. The number of nitrogens with zero attached hydrogens (tertiary/aromatic N) is 2. The number of aromatic nitrogens is 1. The molecule has 0 aliphatic heterocycles. The number of rotatable bonds is 3. The zero-order valence-corrected chi connectivity index (χ0v) is 17.2. The van der Waals surface area contributed by atoms with Crippen LogP contribution in [0.2, 0.25) is 0 Å². The summed E-state index contributed by atoms with van der Waals surface area (Å²) in [6.45, 7) is 3.79. The van der Waals surface area contributed by atoms with Gasteiger partial charge in [-0.05, 0) is 17.2 Å². The maximum atomic E-state index is 9.92. The highest BCUT2D eigenvalue weighted by atomic mass is 16.3. The maximum Gasteiger partial charge on any atom is 0.153 e. The van der Waals surface area contributed by atoms with Gasteiger partial charge in [-0.2, -0.15) is 5.26 Å². The minimum atomic E-state index is -1.20. The Morgan fingerprint density at radius 1 is 0.935 bits per heavy atom. The molecule has 0 N–H and O–H groups in total. The van der Waals surface area contributed by atoms with Gasteiger partial charge in [0.05, 0.1) is 26.9 Å². The molecule has 0 aliphatic carbocycles. The summed E-state index contributed by atoms with van der Waals surface area (Å²) in [4.78, 5) is 4.33. The topological polar surface area (TPSA) is 49.8 Å². The van der Waals surface area contributed by atoms with Gasteiger partial charge >= 0.3 is 0 Å². The number of para-hydroxylation sites is 1. The Kier molecular flexibility index (Phi) is 5.16. The number of hydrogen-bond acceptors (Lipinski definition) is 3. The van der Waals surface area contributed by atoms with Gasteiger partial charge in [0.25, 0.3) is 0 Å². The molecular formula is C22H12B6N2O. The highest BCUT2D eigenvalue weighted by Crippen LogP contribution is 2.39. The van der Waals surface area contributed by atoms with Crippen molar-refractivity contribution in [2.75, 3.05) is 0 Å². The van der Waals surface area contributed by atoms with E-state index < -0.39 is 5.21 Å². The molecule has 134 valence electrons. The second kappa shape index (κ2) is 7.45. The Bertz CT molecular complexity index is 1400. The van der Waals surface area contributed by atoms with Gasteiger partial charge in [0, 0.05) is 16.3 Å². The van der Waals surface area contributed by atoms with Crippen LogP contribution < -0.4 is 22.0 Å².